The van der Waals surface area contributed by atoms with Crippen molar-refractivity contribution in [3.8, 4) is 0 Å². The molecule has 0 aliphatic rings. The first-order valence-electron chi connectivity index (χ1n) is 5.26. The molecule has 0 radical (unpaired) electrons. The van der Waals surface area contributed by atoms with Gasteiger partial charge in [0, 0.05) is 18.4 Å². The molecule has 2 heterocycles. The number of hydrogen-bond acceptors (Lipinski definition) is 5. The van der Waals surface area contributed by atoms with Gasteiger partial charge in [-0.15, -0.1) is 10.2 Å². The summed E-state index contributed by atoms with van der Waals surface area (Å²) in [4.78, 5) is 4.24. The maximum atomic E-state index is 4.24. The number of nitrogens with one attached hydrogen (secondary N) is 1. The van der Waals surface area contributed by atoms with E-state index >= 15 is 0 Å². The first-order chi connectivity index (χ1) is 7.79. The summed E-state index contributed by atoms with van der Waals surface area (Å²) < 4.78 is 0. The van der Waals surface area contributed by atoms with Gasteiger partial charge in [0.05, 0.1) is 0 Å². The number of nitrogens with zero attached hydrogens (tertiary/aromatic N) is 3. The smallest absolute Gasteiger partial charge is 0.205 e. The third-order valence-electron chi connectivity index (χ3n) is 2.32. The molecule has 2 aromatic heterocycles. The lowest BCUT2D eigenvalue weighted by molar-refractivity contribution is 0.971. The molecule has 84 valence electrons. The molecule has 0 bridgehead atoms. The van der Waals surface area contributed by atoms with Crippen LogP contribution in [-0.2, 0) is 13.0 Å². The van der Waals surface area contributed by atoms with Crippen LogP contribution in [0.2, 0.25) is 0 Å². The van der Waals surface area contributed by atoms with Crippen molar-refractivity contribution >= 4 is 16.5 Å². The fourth-order valence-electron chi connectivity index (χ4n) is 1.34. The van der Waals surface area contributed by atoms with Crippen molar-refractivity contribution in [3.05, 3.63) is 34.6 Å². The molecule has 16 heavy (non-hydrogen) atoms. The van der Waals surface area contributed by atoms with Gasteiger partial charge in [0.2, 0.25) is 5.13 Å². The van der Waals surface area contributed by atoms with Crippen LogP contribution in [0, 0.1) is 6.92 Å². The van der Waals surface area contributed by atoms with Gasteiger partial charge >= 0.3 is 0 Å². The molecule has 4 nitrogen and oxygen atoms in total. The van der Waals surface area contributed by atoms with Crippen LogP contribution >= 0.6 is 11.3 Å². The molecule has 0 unspecified atom stereocenters. The minimum atomic E-state index is 0.748. The van der Waals surface area contributed by atoms with Crippen LogP contribution in [0.1, 0.15) is 23.2 Å². The predicted octanol–water partition coefficient (Wildman–Crippen LogP) is 2.42. The number of hydrogen-bond donors (Lipinski definition) is 1. The largest absolute Gasteiger partial charge is 0.356 e. The maximum Gasteiger partial charge on any atom is 0.205 e. The highest BCUT2D eigenvalue weighted by Crippen LogP contribution is 2.16. The van der Waals surface area contributed by atoms with Crippen molar-refractivity contribution in [3.63, 3.8) is 0 Å². The lowest BCUT2D eigenvalue weighted by atomic mass is 10.2. The molecule has 5 heteroatoms. The first kappa shape index (κ1) is 11.0. The average molecular weight is 234 g/mol. The Morgan fingerprint density at radius 1 is 1.38 bits per heavy atom. The van der Waals surface area contributed by atoms with Gasteiger partial charge in [0.15, 0.2) is 0 Å². The van der Waals surface area contributed by atoms with Crippen LogP contribution in [0.15, 0.2) is 18.3 Å². The van der Waals surface area contributed by atoms with Crippen molar-refractivity contribution in [2.45, 2.75) is 26.8 Å². The van der Waals surface area contributed by atoms with Gasteiger partial charge in [0.1, 0.15) is 5.01 Å². The lowest BCUT2D eigenvalue weighted by Gasteiger charge is -2.04. The van der Waals surface area contributed by atoms with Crippen molar-refractivity contribution in [2.75, 3.05) is 5.32 Å². The van der Waals surface area contributed by atoms with Crippen molar-refractivity contribution < 1.29 is 0 Å². The normalized spacial score (nSPS) is 10.4. The Kier molecular flexibility index (Phi) is 3.46. The van der Waals surface area contributed by atoms with Crippen molar-refractivity contribution in [1.29, 1.82) is 0 Å². The topological polar surface area (TPSA) is 50.7 Å². The molecular weight excluding hydrogens is 220 g/mol. The number of pyridine rings is 1. The summed E-state index contributed by atoms with van der Waals surface area (Å²) in [6.07, 6.45) is 2.74. The summed E-state index contributed by atoms with van der Waals surface area (Å²) in [5.41, 5.74) is 2.24. The average Bonchev–Trinajstić information content (AvgIpc) is 2.76. The third-order valence-corrected chi connectivity index (χ3v) is 3.34. The summed E-state index contributed by atoms with van der Waals surface area (Å²) in [6, 6.07) is 4.01. The zero-order valence-electron chi connectivity index (χ0n) is 9.40. The molecule has 0 atom stereocenters. The molecule has 2 rings (SSSR count). The van der Waals surface area contributed by atoms with Crippen molar-refractivity contribution in [1.82, 2.24) is 15.2 Å². The standard InChI is InChI=1S/C11H14N4S/c1-3-10-14-15-11(16-10)13-7-9-5-4-6-12-8(9)2/h4-6H,3,7H2,1-2H3,(H,13,15). The van der Waals surface area contributed by atoms with E-state index in [0.29, 0.717) is 0 Å². The molecule has 0 saturated heterocycles. The van der Waals surface area contributed by atoms with Gasteiger partial charge in [-0.2, -0.15) is 0 Å². The summed E-state index contributed by atoms with van der Waals surface area (Å²) in [7, 11) is 0. The van der Waals surface area contributed by atoms with E-state index < -0.39 is 0 Å². The van der Waals surface area contributed by atoms with E-state index in [1.807, 2.05) is 13.0 Å². The van der Waals surface area contributed by atoms with Crippen LogP contribution in [0.25, 0.3) is 0 Å². The number of aromatic nitrogens is 3. The second-order valence-electron chi connectivity index (χ2n) is 3.46. The van der Waals surface area contributed by atoms with E-state index in [0.717, 1.165) is 28.8 Å². The summed E-state index contributed by atoms with van der Waals surface area (Å²) in [5.74, 6) is 0. The predicted molar refractivity (Wildman–Crippen MR) is 65.6 cm³/mol. The molecule has 2 aromatic rings. The minimum Gasteiger partial charge on any atom is -0.356 e. The monoisotopic (exact) mass is 234 g/mol. The zero-order chi connectivity index (χ0) is 11.4. The molecule has 0 aliphatic heterocycles. The van der Waals surface area contributed by atoms with Gasteiger partial charge in [-0.25, -0.2) is 0 Å². The molecule has 0 spiro atoms. The highest BCUT2D eigenvalue weighted by Gasteiger charge is 2.03. The van der Waals surface area contributed by atoms with E-state index in [-0.39, 0.29) is 0 Å². The quantitative estimate of drug-likeness (QED) is 0.882. The van der Waals surface area contributed by atoms with Crippen LogP contribution in [-0.4, -0.2) is 15.2 Å². The Morgan fingerprint density at radius 2 is 2.25 bits per heavy atom. The van der Waals surface area contributed by atoms with E-state index in [4.69, 9.17) is 0 Å². The maximum absolute atomic E-state index is 4.24. The molecular formula is C11H14N4S. The van der Waals surface area contributed by atoms with E-state index in [9.17, 15) is 0 Å². The SMILES string of the molecule is CCc1nnc(NCc2cccnc2C)s1. The Labute approximate surface area is 98.8 Å². The van der Waals surface area contributed by atoms with E-state index in [1.165, 1.54) is 5.56 Å². The molecule has 0 aromatic carbocycles. The van der Waals surface area contributed by atoms with Crippen LogP contribution in [0.5, 0.6) is 0 Å². The van der Waals surface area contributed by atoms with Gasteiger partial charge in [-0.3, -0.25) is 4.98 Å². The van der Waals surface area contributed by atoms with Gasteiger partial charge < -0.3 is 5.32 Å². The molecule has 0 saturated carbocycles. The number of rotatable bonds is 4. The first-order valence-corrected chi connectivity index (χ1v) is 6.08. The third kappa shape index (κ3) is 2.55. The van der Waals surface area contributed by atoms with Gasteiger partial charge in [-0.1, -0.05) is 24.3 Å². The van der Waals surface area contributed by atoms with Crippen LogP contribution in [0.3, 0.4) is 0 Å². The fourth-order valence-corrected chi connectivity index (χ4v) is 2.02. The highest BCUT2D eigenvalue weighted by atomic mass is 32.1. The van der Waals surface area contributed by atoms with Crippen molar-refractivity contribution in [2.24, 2.45) is 0 Å². The minimum absolute atomic E-state index is 0.748. The van der Waals surface area contributed by atoms with Gasteiger partial charge in [0.25, 0.3) is 0 Å². The molecule has 0 amide bonds. The van der Waals surface area contributed by atoms with Gasteiger partial charge in [-0.05, 0) is 25.0 Å². The van der Waals surface area contributed by atoms with E-state index in [1.54, 1.807) is 17.5 Å². The fraction of sp³-hybridized carbons (Fsp3) is 0.364. The van der Waals surface area contributed by atoms with Crippen LogP contribution in [0.4, 0.5) is 5.13 Å². The molecule has 0 aliphatic carbocycles. The Hall–Kier alpha value is -1.49. The molecule has 0 fully saturated rings. The zero-order valence-corrected chi connectivity index (χ0v) is 10.2. The second kappa shape index (κ2) is 5.03. The van der Waals surface area contributed by atoms with E-state index in [2.05, 4.69) is 33.5 Å². The highest BCUT2D eigenvalue weighted by molar-refractivity contribution is 7.15. The molecule has 1 N–H and O–H groups in total. The lowest BCUT2D eigenvalue weighted by Crippen LogP contribution is -2.01. The summed E-state index contributed by atoms with van der Waals surface area (Å²) in [6.45, 7) is 4.84. The number of aryl methyl sites for hydroxylation is 2. The Morgan fingerprint density at radius 3 is 2.94 bits per heavy atom. The Bertz CT molecular complexity index is 467. The second-order valence-corrected chi connectivity index (χ2v) is 4.52. The Balaban J connectivity index is 1.99. The van der Waals surface area contributed by atoms with Crippen LogP contribution < -0.4 is 5.32 Å². The number of anilines is 1. The summed E-state index contributed by atoms with van der Waals surface area (Å²) >= 11 is 1.60. The summed E-state index contributed by atoms with van der Waals surface area (Å²) in [5, 5.41) is 13.3.